The smallest absolute Gasteiger partial charge is 0.193 e. The molecule has 1 saturated heterocycles. The van der Waals surface area contributed by atoms with Crippen molar-refractivity contribution in [3.8, 4) is 0 Å². The van der Waals surface area contributed by atoms with E-state index in [2.05, 4.69) is 6.92 Å². The summed E-state index contributed by atoms with van der Waals surface area (Å²) >= 11 is 0. The molecule has 2 saturated carbocycles. The molecule has 0 amide bonds. The number of fused-ring (bicyclic) bond motifs is 7. The van der Waals surface area contributed by atoms with Gasteiger partial charge in [-0.1, -0.05) is 37.1 Å². The van der Waals surface area contributed by atoms with Crippen LogP contribution in [-0.2, 0) is 19.1 Å². The number of ketones is 2. The molecule has 0 unspecified atom stereocenters. The fourth-order valence-corrected chi connectivity index (χ4v) is 7.32. The van der Waals surface area contributed by atoms with Gasteiger partial charge in [0, 0.05) is 16.7 Å². The molecule has 3 fully saturated rings. The topological polar surface area (TPSA) is 93.1 Å². The first-order valence-electron chi connectivity index (χ1n) is 10.9. The van der Waals surface area contributed by atoms with E-state index < -0.39 is 46.8 Å². The zero-order valence-corrected chi connectivity index (χ0v) is 18.0. The molecule has 6 heteroatoms. The summed E-state index contributed by atoms with van der Waals surface area (Å²) in [5.74, 6) is -1.40. The Labute approximate surface area is 176 Å². The number of ether oxygens (including phenoxy) is 2. The highest BCUT2D eigenvalue weighted by Gasteiger charge is 2.73. The first kappa shape index (κ1) is 20.3. The molecule has 0 bridgehead atoms. The van der Waals surface area contributed by atoms with Crippen molar-refractivity contribution in [2.45, 2.75) is 70.6 Å². The van der Waals surface area contributed by atoms with Gasteiger partial charge in [0.15, 0.2) is 23.0 Å². The lowest BCUT2D eigenvalue weighted by molar-refractivity contribution is -0.201. The average Bonchev–Trinajstić information content (AvgIpc) is 3.07. The van der Waals surface area contributed by atoms with E-state index in [4.69, 9.17) is 9.47 Å². The average molecular weight is 414 g/mol. The maximum Gasteiger partial charge on any atom is 0.193 e. The lowest BCUT2D eigenvalue weighted by atomic mass is 9.47. The summed E-state index contributed by atoms with van der Waals surface area (Å²) in [6, 6.07) is 0. The maximum absolute atomic E-state index is 13.1. The Bertz CT molecular complexity index is 928. The number of Topliss-reactive ketones (excluding diaryl/α,β-unsaturated/α-hetero) is 1. The van der Waals surface area contributed by atoms with Crippen LogP contribution in [0.25, 0.3) is 0 Å². The summed E-state index contributed by atoms with van der Waals surface area (Å²) in [5, 5.41) is 21.3. The zero-order valence-electron chi connectivity index (χ0n) is 18.0. The fourth-order valence-electron chi connectivity index (χ4n) is 7.32. The molecule has 162 valence electrons. The Balaban J connectivity index is 1.63. The van der Waals surface area contributed by atoms with Crippen LogP contribution in [0.4, 0.5) is 0 Å². The minimum Gasteiger partial charge on any atom is -0.393 e. The Kier molecular flexibility index (Phi) is 4.06. The van der Waals surface area contributed by atoms with Gasteiger partial charge in [0.05, 0.1) is 6.10 Å². The molecule has 7 atom stereocenters. The minimum atomic E-state index is -1.33. The Morgan fingerprint density at radius 2 is 2.00 bits per heavy atom. The molecule has 6 nitrogen and oxygen atoms in total. The van der Waals surface area contributed by atoms with Gasteiger partial charge >= 0.3 is 0 Å². The number of hydrogen-bond acceptors (Lipinski definition) is 6. The second kappa shape index (κ2) is 6.00. The molecule has 5 aliphatic rings. The molecule has 1 heterocycles. The molecule has 0 radical (unpaired) electrons. The summed E-state index contributed by atoms with van der Waals surface area (Å²) in [4.78, 5) is 25.1. The van der Waals surface area contributed by atoms with Crippen LogP contribution < -0.4 is 0 Å². The van der Waals surface area contributed by atoms with Gasteiger partial charge in [-0.25, -0.2) is 0 Å². The number of aliphatic hydroxyl groups excluding tert-OH is 2. The summed E-state index contributed by atoms with van der Waals surface area (Å²) in [7, 11) is 0. The monoisotopic (exact) mass is 414 g/mol. The molecule has 30 heavy (non-hydrogen) atoms. The summed E-state index contributed by atoms with van der Waals surface area (Å²) in [5.41, 5.74) is -0.330. The number of aliphatic hydroxyl groups is 2. The van der Waals surface area contributed by atoms with Crippen molar-refractivity contribution in [3.05, 3.63) is 35.5 Å². The standard InChI is InChI=1S/C24H30O6/c1-21(2)29-19-10-16-15-6-5-13-9-14(26)7-8-22(13,3)20(15)17(27)11-23(16,4)24(19,30-21)18(28)12-25/h7-10,15,17,19-20,25,27H,5-6,11-12H2,1-4H3/t15-,17-,19+,20+,22-,23-,24+/m0/s1. The van der Waals surface area contributed by atoms with E-state index in [1.807, 2.05) is 19.1 Å². The SMILES string of the molecule is CC1(C)O[C@@H]2C=C3[C@@H]4CCC5=CC(=O)C=C[C@]5(C)[C@H]4[C@@H](O)C[C@]3(C)[C@]2(C(=O)CO)O1. The van der Waals surface area contributed by atoms with Crippen LogP contribution in [0.2, 0.25) is 0 Å². The number of hydrogen-bond donors (Lipinski definition) is 2. The molecular formula is C24H30O6. The van der Waals surface area contributed by atoms with Crippen molar-refractivity contribution >= 4 is 11.6 Å². The third kappa shape index (κ3) is 2.28. The molecule has 0 aromatic rings. The summed E-state index contributed by atoms with van der Waals surface area (Å²) < 4.78 is 12.4. The molecular weight excluding hydrogens is 384 g/mol. The predicted molar refractivity (Wildman–Crippen MR) is 108 cm³/mol. The molecule has 0 aromatic carbocycles. The second-order valence-corrected chi connectivity index (χ2v) is 10.4. The second-order valence-electron chi connectivity index (χ2n) is 10.4. The van der Waals surface area contributed by atoms with Gasteiger partial charge in [-0.2, -0.15) is 0 Å². The molecule has 4 aliphatic carbocycles. The van der Waals surface area contributed by atoms with Crippen LogP contribution in [0.15, 0.2) is 35.5 Å². The highest BCUT2D eigenvalue weighted by atomic mass is 16.8. The van der Waals surface area contributed by atoms with E-state index in [-0.39, 0.29) is 17.6 Å². The third-order valence-corrected chi connectivity index (χ3v) is 8.45. The quantitative estimate of drug-likeness (QED) is 0.674. The zero-order chi connectivity index (χ0) is 21.7. The van der Waals surface area contributed by atoms with Crippen molar-refractivity contribution in [1.82, 2.24) is 0 Å². The van der Waals surface area contributed by atoms with Crippen molar-refractivity contribution in [1.29, 1.82) is 0 Å². The number of carbonyl (C=O) groups is 2. The van der Waals surface area contributed by atoms with Crippen molar-refractivity contribution in [3.63, 3.8) is 0 Å². The van der Waals surface area contributed by atoms with Crippen LogP contribution in [0.1, 0.15) is 47.0 Å². The Morgan fingerprint density at radius 1 is 1.27 bits per heavy atom. The first-order chi connectivity index (χ1) is 14.0. The van der Waals surface area contributed by atoms with Gasteiger partial charge < -0.3 is 19.7 Å². The number of rotatable bonds is 2. The highest BCUT2D eigenvalue weighted by Crippen LogP contribution is 2.68. The predicted octanol–water partition coefficient (Wildman–Crippen LogP) is 2.25. The summed E-state index contributed by atoms with van der Waals surface area (Å²) in [6.07, 6.45) is 7.94. The maximum atomic E-state index is 13.1. The van der Waals surface area contributed by atoms with Crippen LogP contribution in [0, 0.1) is 22.7 Å². The normalized spacial score (nSPS) is 48.3. The summed E-state index contributed by atoms with van der Waals surface area (Å²) in [6.45, 7) is 7.00. The van der Waals surface area contributed by atoms with Crippen LogP contribution in [0.5, 0.6) is 0 Å². The number of allylic oxidation sites excluding steroid dienone is 4. The Hall–Kier alpha value is -1.60. The lowest BCUT2D eigenvalue weighted by Gasteiger charge is -2.58. The van der Waals surface area contributed by atoms with E-state index >= 15 is 0 Å². The first-order valence-corrected chi connectivity index (χ1v) is 10.9. The largest absolute Gasteiger partial charge is 0.393 e. The van der Waals surface area contributed by atoms with E-state index in [0.717, 1.165) is 24.0 Å². The van der Waals surface area contributed by atoms with E-state index in [0.29, 0.717) is 6.42 Å². The minimum absolute atomic E-state index is 0.00204. The van der Waals surface area contributed by atoms with Crippen molar-refractivity contribution in [2.75, 3.05) is 6.61 Å². The third-order valence-electron chi connectivity index (χ3n) is 8.45. The fraction of sp³-hybridized carbons (Fsp3) is 0.667. The highest BCUT2D eigenvalue weighted by molar-refractivity contribution is 6.01. The van der Waals surface area contributed by atoms with Crippen LogP contribution >= 0.6 is 0 Å². The molecule has 0 aromatic heterocycles. The molecule has 1 aliphatic heterocycles. The van der Waals surface area contributed by atoms with Crippen LogP contribution in [-0.4, -0.2) is 52.0 Å². The molecule has 5 rings (SSSR count). The van der Waals surface area contributed by atoms with Gasteiger partial charge in [-0.15, -0.1) is 0 Å². The molecule has 2 N–H and O–H groups in total. The van der Waals surface area contributed by atoms with Gasteiger partial charge in [-0.3, -0.25) is 9.59 Å². The van der Waals surface area contributed by atoms with Crippen LogP contribution in [0.3, 0.4) is 0 Å². The van der Waals surface area contributed by atoms with Crippen molar-refractivity contribution in [2.24, 2.45) is 22.7 Å². The van der Waals surface area contributed by atoms with Gasteiger partial charge in [0.2, 0.25) is 0 Å². The van der Waals surface area contributed by atoms with E-state index in [1.165, 1.54) is 0 Å². The van der Waals surface area contributed by atoms with Gasteiger partial charge in [0.1, 0.15) is 12.7 Å². The van der Waals surface area contributed by atoms with E-state index in [9.17, 15) is 19.8 Å². The van der Waals surface area contributed by atoms with Gasteiger partial charge in [0.25, 0.3) is 0 Å². The number of carbonyl (C=O) groups excluding carboxylic acids is 2. The Morgan fingerprint density at radius 3 is 2.70 bits per heavy atom. The molecule has 0 spiro atoms. The van der Waals surface area contributed by atoms with E-state index in [1.54, 1.807) is 26.0 Å². The van der Waals surface area contributed by atoms with Crippen molar-refractivity contribution < 1.29 is 29.3 Å². The lowest BCUT2D eigenvalue weighted by Crippen LogP contribution is -2.63. The van der Waals surface area contributed by atoms with Gasteiger partial charge in [-0.05, 0) is 51.2 Å².